The van der Waals surface area contributed by atoms with Gasteiger partial charge in [0.2, 0.25) is 17.7 Å². The van der Waals surface area contributed by atoms with Gasteiger partial charge in [0.1, 0.15) is 45.7 Å². The molecule has 0 fully saturated rings. The fraction of sp³-hybridized carbons (Fsp3) is 0.439. The molecule has 126 heavy (non-hydrogen) atoms. The largest absolute Gasteiger partial charge is 0.478 e. The number of rotatable bonds is 24. The molecule has 4 heterocycles. The van der Waals surface area contributed by atoms with Crippen LogP contribution >= 0.6 is 0 Å². The summed E-state index contributed by atoms with van der Waals surface area (Å²) >= 11 is 0. The number of carboxylic acids is 1. The zero-order chi connectivity index (χ0) is 91.2. The highest BCUT2D eigenvalue weighted by atomic mass is 16.6. The summed E-state index contributed by atoms with van der Waals surface area (Å²) in [5, 5.41) is 23.7. The highest BCUT2D eigenvalue weighted by Gasteiger charge is 2.30. The average Bonchev–Trinajstić information content (AvgIpc) is 1.47. The van der Waals surface area contributed by atoms with E-state index in [1.54, 1.807) is 127 Å². The number of hydrogen-bond donors (Lipinski definition) is 8. The normalized spacial score (nSPS) is 13.0. The molecular formula is C98H134N14O14. The molecule has 6 aromatic rings. The number of carbonyl (C=O) groups is 9. The zero-order valence-corrected chi connectivity index (χ0v) is 75.3. The molecule has 7 amide bonds. The molecule has 0 bridgehead atoms. The van der Waals surface area contributed by atoms with Crippen molar-refractivity contribution in [1.29, 1.82) is 0 Å². The van der Waals surface area contributed by atoms with Crippen LogP contribution in [-0.4, -0.2) is 159 Å². The molecule has 680 valence electrons. The van der Waals surface area contributed by atoms with Crippen LogP contribution in [0.4, 0.5) is 48.5 Å². The average molecular weight is 1730 g/mol. The number of amidine groups is 4. The van der Waals surface area contributed by atoms with Gasteiger partial charge in [0.05, 0.1) is 29.2 Å². The molecule has 0 atom stereocenters. The first kappa shape index (κ1) is 104. The van der Waals surface area contributed by atoms with E-state index in [1.165, 1.54) is 17.7 Å². The first-order valence-electron chi connectivity index (χ1n) is 42.5. The van der Waals surface area contributed by atoms with E-state index in [9.17, 15) is 48.3 Å². The summed E-state index contributed by atoms with van der Waals surface area (Å²) in [6.07, 6.45) is 10.2. The Morgan fingerprint density at radius 2 is 0.873 bits per heavy atom. The minimum absolute atomic E-state index is 0. The van der Waals surface area contributed by atoms with Crippen molar-refractivity contribution in [3.05, 3.63) is 194 Å². The van der Waals surface area contributed by atoms with Crippen molar-refractivity contribution in [2.45, 2.75) is 246 Å². The number of para-hydroxylation sites is 3. The molecule has 0 unspecified atom stereocenters. The Hall–Kier alpha value is -12.8. The van der Waals surface area contributed by atoms with E-state index in [4.69, 9.17) is 30.4 Å². The molecule has 6 aromatic carbocycles. The van der Waals surface area contributed by atoms with E-state index in [2.05, 4.69) is 72.5 Å². The maximum atomic E-state index is 13.6. The van der Waals surface area contributed by atoms with Gasteiger partial charge in [-0.2, -0.15) is 0 Å². The Balaban J connectivity index is 0.000000312. The number of benzene rings is 6. The number of aliphatic imine (C=N–C) groups is 4. The highest BCUT2D eigenvalue weighted by Crippen LogP contribution is 2.34. The fourth-order valence-corrected chi connectivity index (χ4v) is 13.3. The van der Waals surface area contributed by atoms with E-state index >= 15 is 0 Å². The lowest BCUT2D eigenvalue weighted by Crippen LogP contribution is -2.38. The van der Waals surface area contributed by atoms with Gasteiger partial charge in [-0.05, 0) is 211 Å². The summed E-state index contributed by atoms with van der Waals surface area (Å²) in [6, 6.07) is 38.4. The number of ether oxygens (including phenoxy) is 4. The number of nitrogens with two attached hydrogens (primary N) is 2. The number of aromatic carboxylic acids is 1. The van der Waals surface area contributed by atoms with Crippen LogP contribution in [0.2, 0.25) is 0 Å². The minimum Gasteiger partial charge on any atom is -0.478 e. The van der Waals surface area contributed by atoms with Gasteiger partial charge in [0, 0.05) is 133 Å². The van der Waals surface area contributed by atoms with Gasteiger partial charge >= 0.3 is 30.2 Å². The quantitative estimate of drug-likeness (QED) is 0.0158. The molecule has 4 aliphatic heterocycles. The number of nitrogens with one attached hydrogen (secondary N) is 5. The Kier molecular flexibility index (Phi) is 40.0. The third-order valence-electron chi connectivity index (χ3n) is 18.5. The zero-order valence-electron chi connectivity index (χ0n) is 75.3. The van der Waals surface area contributed by atoms with Gasteiger partial charge in [-0.25, -0.2) is 34.2 Å². The number of anilines is 3. The van der Waals surface area contributed by atoms with Gasteiger partial charge < -0.3 is 66.2 Å². The van der Waals surface area contributed by atoms with Crippen molar-refractivity contribution in [2.24, 2.45) is 25.7 Å². The summed E-state index contributed by atoms with van der Waals surface area (Å²) in [5.41, 5.74) is 21.4. The van der Waals surface area contributed by atoms with Crippen LogP contribution in [0.3, 0.4) is 0 Å². The standard InChI is InChI=1S/C35H47N5O6.C25H29N5O.C23H31N3O5.C13H19NO2.2CH4/c1-9-17-40(18-10-2)31(42)26-19-23-15-16-24(20-28(23)37-29(21-26)39-33(44)46-35(6,7)8)30(41)38-27-14-12-11-13-25(27)22-36-32(43)45-34(3,4)5;1-3-11-30(12-4-2)25(31)20-13-17-9-10-18(14-22(17)28-23(26)15-20)24-27-16-19-7-5-6-8-21(19)29-24;1-6-10-26(11-7-2)20(27)17-12-15-8-9-16(21(28)29)13-18(15)24-19(14-17)25-22(30)31-23(3,4)5;1-13(2,3)16-12(15)9-8-10-6-4-5-7-11(10)14;;/h11-16,19-20H,9-10,17-18,21-22H2,1-8H3,(H,36,43)(H,38,41)(H,37,39,44);5-10,13-14H,3-4,11-12,15-16H2,1-2H3,(H2,26,28)(H,27,29);8-9,12-13H,6-7,10-11,14H2,1-5H3,(H,28,29)(H,24,25,30);4-7H,8-9,14H2,1-3H3;2*1H4. The summed E-state index contributed by atoms with van der Waals surface area (Å²) in [5.74, 6) is -0.146. The predicted octanol–water partition coefficient (Wildman–Crippen LogP) is 19.6. The summed E-state index contributed by atoms with van der Waals surface area (Å²) in [4.78, 5) is 137. The van der Waals surface area contributed by atoms with Crippen molar-refractivity contribution in [2.75, 3.05) is 55.6 Å². The molecule has 0 aliphatic carbocycles. The number of fused-ring (bicyclic) bond motifs is 4. The number of aryl methyl sites for hydroxylation is 1. The smallest absolute Gasteiger partial charge is 0.413 e. The number of hydrogen-bond acceptors (Lipinski definition) is 20. The molecule has 0 saturated carbocycles. The van der Waals surface area contributed by atoms with Crippen LogP contribution in [0.25, 0.3) is 18.2 Å². The van der Waals surface area contributed by atoms with Crippen molar-refractivity contribution in [3.63, 3.8) is 0 Å². The number of carboxylic acid groups (broad SMARTS) is 1. The topological polar surface area (TPSA) is 382 Å². The number of amides is 7. The maximum absolute atomic E-state index is 13.6. The summed E-state index contributed by atoms with van der Waals surface area (Å²) in [6.45, 7) is 38.5. The van der Waals surface area contributed by atoms with E-state index < -0.39 is 52.6 Å². The Morgan fingerprint density at radius 1 is 0.460 bits per heavy atom. The first-order valence-corrected chi connectivity index (χ1v) is 42.5. The third-order valence-corrected chi connectivity index (χ3v) is 18.5. The van der Waals surface area contributed by atoms with Crippen LogP contribution in [0, 0.1) is 0 Å². The summed E-state index contributed by atoms with van der Waals surface area (Å²) < 4.78 is 21.3. The Morgan fingerprint density at radius 3 is 1.34 bits per heavy atom. The van der Waals surface area contributed by atoms with Gasteiger partial charge in [0.25, 0.3) is 5.91 Å². The maximum Gasteiger partial charge on any atom is 0.413 e. The molecule has 28 heteroatoms. The number of alkyl carbamates (subject to hydrolysis) is 3. The SMILES string of the molecule is C.C.CC(C)(C)OC(=O)CCc1ccccc1N.CCCN(CCC)C(=O)C1=Cc2ccc(C(=O)Nc3ccccc3CNC(=O)OC(C)(C)C)cc2N=C(NC(=O)OC(C)(C)C)C1.CCCN(CCC)C(=O)C1=Cc2ccc(C(=O)O)cc2N=C(NC(=O)OC(C)(C)C)C1.CCCN(CCC)C(=O)C1=Cc2ccc(C3=NCc4ccccc4N3)cc2N=C(N)C1. The van der Waals surface area contributed by atoms with Gasteiger partial charge in [-0.15, -0.1) is 0 Å². The molecule has 0 radical (unpaired) electrons. The minimum atomic E-state index is -1.08. The molecule has 0 aromatic heterocycles. The number of nitrogen functional groups attached to an aromatic ring is 1. The first-order chi connectivity index (χ1) is 58.6. The van der Waals surface area contributed by atoms with Crippen molar-refractivity contribution < 1.29 is 67.2 Å². The van der Waals surface area contributed by atoms with Gasteiger partial charge in [0.15, 0.2) is 0 Å². The Labute approximate surface area is 744 Å². The van der Waals surface area contributed by atoms with Crippen LogP contribution in [0.15, 0.2) is 164 Å². The van der Waals surface area contributed by atoms with Crippen LogP contribution < -0.4 is 38.1 Å². The second-order valence-electron chi connectivity index (χ2n) is 34.2. The second-order valence-corrected chi connectivity index (χ2v) is 34.2. The number of carbonyl (C=O) groups excluding carboxylic acids is 8. The molecule has 0 spiro atoms. The summed E-state index contributed by atoms with van der Waals surface area (Å²) in [7, 11) is 0. The lowest BCUT2D eigenvalue weighted by Gasteiger charge is -2.23. The van der Waals surface area contributed by atoms with Crippen molar-refractivity contribution >= 4 is 130 Å². The lowest BCUT2D eigenvalue weighted by molar-refractivity contribution is -0.154. The van der Waals surface area contributed by atoms with Crippen molar-refractivity contribution in [3.8, 4) is 0 Å². The van der Waals surface area contributed by atoms with E-state index in [-0.39, 0.29) is 75.2 Å². The lowest BCUT2D eigenvalue weighted by atomic mass is 10.0. The van der Waals surface area contributed by atoms with Crippen molar-refractivity contribution in [1.82, 2.24) is 30.7 Å². The van der Waals surface area contributed by atoms with E-state index in [0.717, 1.165) is 91.2 Å². The van der Waals surface area contributed by atoms with Crippen LogP contribution in [0.5, 0.6) is 0 Å². The molecule has 10 N–H and O–H groups in total. The van der Waals surface area contributed by atoms with Gasteiger partial charge in [-0.3, -0.25) is 39.6 Å². The monoisotopic (exact) mass is 1730 g/mol. The van der Waals surface area contributed by atoms with Crippen LogP contribution in [0.1, 0.15) is 263 Å². The highest BCUT2D eigenvalue weighted by molar-refractivity contribution is 6.13. The van der Waals surface area contributed by atoms with E-state index in [0.29, 0.717) is 114 Å². The molecule has 10 rings (SSSR count). The predicted molar refractivity (Wildman–Crippen MR) is 506 cm³/mol. The number of nitrogens with zero attached hydrogens (tertiary/aromatic N) is 7. The number of esters is 1. The molecule has 4 aliphatic rings. The second kappa shape index (κ2) is 48.5. The molecule has 28 nitrogen and oxygen atoms in total. The molecular weight excluding hydrogens is 1600 g/mol. The van der Waals surface area contributed by atoms with Gasteiger partial charge in [-0.1, -0.05) is 135 Å². The Bertz CT molecular complexity index is 5030. The van der Waals surface area contributed by atoms with Crippen LogP contribution in [-0.2, 0) is 57.6 Å². The fourth-order valence-electron chi connectivity index (χ4n) is 13.3. The third kappa shape index (κ3) is 33.7. The van der Waals surface area contributed by atoms with E-state index in [1.807, 2.05) is 120 Å². The molecule has 0 saturated heterocycles.